The Bertz CT molecular complexity index is 716. The van der Waals surface area contributed by atoms with Gasteiger partial charge in [0.1, 0.15) is 11.9 Å². The van der Waals surface area contributed by atoms with Gasteiger partial charge < -0.3 is 10.1 Å². The van der Waals surface area contributed by atoms with Gasteiger partial charge in [0.2, 0.25) is 0 Å². The van der Waals surface area contributed by atoms with Crippen LogP contribution in [0.3, 0.4) is 0 Å². The maximum atomic E-state index is 13.0. The first-order valence-electron chi connectivity index (χ1n) is 10.3. The van der Waals surface area contributed by atoms with Gasteiger partial charge in [-0.1, -0.05) is 31.2 Å². The van der Waals surface area contributed by atoms with Gasteiger partial charge in [0.05, 0.1) is 5.92 Å². The van der Waals surface area contributed by atoms with Crippen LogP contribution in [0.4, 0.5) is 4.39 Å². The third-order valence-corrected chi connectivity index (χ3v) is 7.19. The highest BCUT2D eigenvalue weighted by Crippen LogP contribution is 2.56. The molecule has 0 amide bonds. The molecule has 1 aromatic carbocycles. The molecule has 4 rings (SSSR count). The number of hydrogen-bond donors (Lipinski definition) is 1. The fraction of sp³-hybridized carbons (Fsp3) is 0.609. The highest BCUT2D eigenvalue weighted by atomic mass is 19.1. The van der Waals surface area contributed by atoms with Crippen LogP contribution in [0.2, 0.25) is 0 Å². The van der Waals surface area contributed by atoms with Crippen molar-refractivity contribution in [1.29, 1.82) is 0 Å². The minimum absolute atomic E-state index is 0.0351. The molecule has 27 heavy (non-hydrogen) atoms. The molecule has 0 unspecified atom stereocenters. The Morgan fingerprint density at radius 1 is 1.33 bits per heavy atom. The first-order chi connectivity index (χ1) is 13.0. The average Bonchev–Trinajstić information content (AvgIpc) is 2.92. The summed E-state index contributed by atoms with van der Waals surface area (Å²) in [6, 6.07) is 6.61. The highest BCUT2D eigenvalue weighted by Gasteiger charge is 2.54. The zero-order valence-electron chi connectivity index (χ0n) is 16.2. The van der Waals surface area contributed by atoms with E-state index in [0.29, 0.717) is 18.4 Å². The van der Waals surface area contributed by atoms with Crippen molar-refractivity contribution in [3.05, 3.63) is 47.8 Å². The molecule has 3 nitrogen and oxygen atoms in total. The summed E-state index contributed by atoms with van der Waals surface area (Å²) >= 11 is 0. The Hall–Kier alpha value is -1.68. The van der Waals surface area contributed by atoms with Crippen molar-refractivity contribution in [2.45, 2.75) is 51.6 Å². The van der Waals surface area contributed by atoms with Crippen LogP contribution < -0.4 is 5.32 Å². The van der Waals surface area contributed by atoms with Crippen LogP contribution in [-0.2, 0) is 16.0 Å². The Balaban J connectivity index is 1.34. The molecular formula is C23H30FNO2. The molecule has 1 aromatic rings. The number of carbonyl (C=O) groups excluding carboxylic acids is 1. The van der Waals surface area contributed by atoms with Crippen molar-refractivity contribution < 1.29 is 13.9 Å². The molecule has 0 spiro atoms. The molecule has 146 valence electrons. The number of halogens is 1. The minimum atomic E-state index is -0.208. The van der Waals surface area contributed by atoms with E-state index < -0.39 is 0 Å². The van der Waals surface area contributed by atoms with Gasteiger partial charge in [0.15, 0.2) is 0 Å². The summed E-state index contributed by atoms with van der Waals surface area (Å²) in [5.41, 5.74) is 2.73. The largest absolute Gasteiger partial charge is 0.462 e. The summed E-state index contributed by atoms with van der Waals surface area (Å²) in [5, 5.41) is 3.43. The molecule has 1 saturated heterocycles. The van der Waals surface area contributed by atoms with Gasteiger partial charge in [0, 0.05) is 12.5 Å². The summed E-state index contributed by atoms with van der Waals surface area (Å²) in [4.78, 5) is 12.5. The monoisotopic (exact) mass is 371 g/mol. The van der Waals surface area contributed by atoms with Gasteiger partial charge in [-0.2, -0.15) is 0 Å². The van der Waals surface area contributed by atoms with Crippen LogP contribution in [0.5, 0.6) is 0 Å². The Kier molecular flexibility index (Phi) is 5.11. The number of esters is 1. The number of hydrogen-bond acceptors (Lipinski definition) is 3. The number of carbonyl (C=O) groups is 1. The first kappa shape index (κ1) is 18.7. The molecule has 1 heterocycles. The maximum Gasteiger partial charge on any atom is 0.310 e. The zero-order chi connectivity index (χ0) is 19.0. The minimum Gasteiger partial charge on any atom is -0.462 e. The first-order valence-corrected chi connectivity index (χ1v) is 10.3. The van der Waals surface area contributed by atoms with E-state index in [0.717, 1.165) is 37.8 Å². The molecule has 0 aromatic heterocycles. The lowest BCUT2D eigenvalue weighted by atomic mass is 9.55. The van der Waals surface area contributed by atoms with Gasteiger partial charge in [-0.05, 0) is 74.1 Å². The summed E-state index contributed by atoms with van der Waals surface area (Å²) in [6.45, 7) is 8.15. The van der Waals surface area contributed by atoms with Crippen molar-refractivity contribution in [3.8, 4) is 0 Å². The topological polar surface area (TPSA) is 38.3 Å². The number of rotatable bonds is 5. The van der Waals surface area contributed by atoms with Gasteiger partial charge in [0.25, 0.3) is 0 Å². The molecule has 3 aliphatic rings. The Labute approximate surface area is 161 Å². The van der Waals surface area contributed by atoms with Gasteiger partial charge in [-0.3, -0.25) is 4.79 Å². The maximum absolute atomic E-state index is 13.0. The van der Waals surface area contributed by atoms with Crippen molar-refractivity contribution in [2.24, 2.45) is 23.2 Å². The zero-order valence-corrected chi connectivity index (χ0v) is 16.2. The van der Waals surface area contributed by atoms with Crippen molar-refractivity contribution >= 4 is 5.97 Å². The average molecular weight is 371 g/mol. The van der Waals surface area contributed by atoms with Crippen LogP contribution in [0.25, 0.3) is 0 Å². The summed E-state index contributed by atoms with van der Waals surface area (Å²) in [6.07, 6.45) is 6.49. The van der Waals surface area contributed by atoms with Crippen LogP contribution >= 0.6 is 0 Å². The van der Waals surface area contributed by atoms with E-state index in [4.69, 9.17) is 4.74 Å². The molecule has 0 radical (unpaired) electrons. The second-order valence-corrected chi connectivity index (χ2v) is 8.98. The fourth-order valence-electron chi connectivity index (χ4n) is 5.63. The third-order valence-electron chi connectivity index (χ3n) is 7.19. The Morgan fingerprint density at radius 2 is 2.11 bits per heavy atom. The molecule has 1 N–H and O–H groups in total. The number of fused-ring (bicyclic) bond motifs is 2. The van der Waals surface area contributed by atoms with E-state index in [-0.39, 0.29) is 29.2 Å². The van der Waals surface area contributed by atoms with E-state index in [1.807, 2.05) is 12.1 Å². The third kappa shape index (κ3) is 3.69. The fourth-order valence-corrected chi connectivity index (χ4v) is 5.63. The van der Waals surface area contributed by atoms with Crippen LogP contribution in [-0.4, -0.2) is 25.2 Å². The molecule has 2 aliphatic carbocycles. The number of benzene rings is 1. The van der Waals surface area contributed by atoms with E-state index in [1.165, 1.54) is 30.5 Å². The molecule has 0 bridgehead atoms. The van der Waals surface area contributed by atoms with E-state index >= 15 is 0 Å². The molecule has 4 heteroatoms. The number of nitrogens with one attached hydrogen (secondary N) is 1. The molecule has 3 fully saturated rings. The molecule has 5 atom stereocenters. The van der Waals surface area contributed by atoms with Crippen LogP contribution in [0.1, 0.15) is 44.6 Å². The highest BCUT2D eigenvalue weighted by molar-refractivity contribution is 5.75. The smallest absolute Gasteiger partial charge is 0.310 e. The lowest BCUT2D eigenvalue weighted by Gasteiger charge is -2.50. The van der Waals surface area contributed by atoms with Gasteiger partial charge >= 0.3 is 5.97 Å². The van der Waals surface area contributed by atoms with Gasteiger partial charge in [-0.25, -0.2) is 4.39 Å². The van der Waals surface area contributed by atoms with Crippen molar-refractivity contribution in [1.82, 2.24) is 5.32 Å². The van der Waals surface area contributed by atoms with Gasteiger partial charge in [-0.15, -0.1) is 0 Å². The van der Waals surface area contributed by atoms with Crippen molar-refractivity contribution in [2.75, 3.05) is 13.1 Å². The predicted octanol–water partition coefficient (Wildman–Crippen LogP) is 4.27. The number of allylic oxidation sites excluding steroid dienone is 1. The summed E-state index contributed by atoms with van der Waals surface area (Å²) < 4.78 is 18.8. The van der Waals surface area contributed by atoms with E-state index in [2.05, 4.69) is 18.8 Å². The van der Waals surface area contributed by atoms with Crippen LogP contribution in [0.15, 0.2) is 36.4 Å². The lowest BCUT2D eigenvalue weighted by molar-refractivity contribution is -0.146. The number of ether oxygens (including phenoxy) is 1. The van der Waals surface area contributed by atoms with Crippen LogP contribution in [0, 0.1) is 29.0 Å². The van der Waals surface area contributed by atoms with E-state index in [1.54, 1.807) is 0 Å². The SMILES string of the molecule is C=C1CCC[C@]2(C)C[C@H]3OC(=O)[C@@H](CNCCc4ccc(F)cc4)[C@@H]3C[C@H]12. The second kappa shape index (κ2) is 7.38. The van der Waals surface area contributed by atoms with E-state index in [9.17, 15) is 9.18 Å². The standard InChI is InChI=1S/C23H30FNO2/c1-15-4-3-10-23(2)13-21-18(12-20(15)23)19(22(26)27-21)14-25-11-9-16-5-7-17(24)8-6-16/h5-8,18-21,25H,1,3-4,9-14H2,2H3/t18-,19-,20+,21+,23+/m0/s1. The second-order valence-electron chi connectivity index (χ2n) is 8.98. The summed E-state index contributed by atoms with van der Waals surface area (Å²) in [5.74, 6) is 0.544. The molecular weight excluding hydrogens is 341 g/mol. The van der Waals surface area contributed by atoms with Crippen molar-refractivity contribution in [3.63, 3.8) is 0 Å². The summed E-state index contributed by atoms with van der Waals surface area (Å²) in [7, 11) is 0. The predicted molar refractivity (Wildman–Crippen MR) is 104 cm³/mol. The molecule has 1 aliphatic heterocycles. The molecule has 2 saturated carbocycles. The normalized spacial score (nSPS) is 35.5. The quantitative estimate of drug-likeness (QED) is 0.477. The lowest BCUT2D eigenvalue weighted by Crippen LogP contribution is -2.45. The Morgan fingerprint density at radius 3 is 2.89 bits per heavy atom.